The highest BCUT2D eigenvalue weighted by molar-refractivity contribution is 5.61. The molecule has 1 aliphatic carbocycles. The summed E-state index contributed by atoms with van der Waals surface area (Å²) in [7, 11) is 1.77. The summed E-state index contributed by atoms with van der Waals surface area (Å²) in [5, 5.41) is 2.99. The lowest BCUT2D eigenvalue weighted by Crippen LogP contribution is -2.02. The average molecular weight is 261 g/mol. The van der Waals surface area contributed by atoms with Crippen molar-refractivity contribution in [3.63, 3.8) is 0 Å². The van der Waals surface area contributed by atoms with Gasteiger partial charge in [0, 0.05) is 18.7 Å². The number of rotatable bonds is 5. The highest BCUT2D eigenvalue weighted by Crippen LogP contribution is 2.47. The van der Waals surface area contributed by atoms with E-state index in [4.69, 9.17) is 9.15 Å². The first-order valence-electron chi connectivity index (χ1n) is 6.44. The lowest BCUT2D eigenvalue weighted by molar-refractivity contribution is 0.269. The SMILES string of the molecule is CNc1cc(F)cc(C2CC2)c1OCc1ccco1. The zero-order valence-corrected chi connectivity index (χ0v) is 10.8. The Morgan fingerprint density at radius 2 is 2.26 bits per heavy atom. The summed E-state index contributed by atoms with van der Waals surface area (Å²) in [6.45, 7) is 0.354. The smallest absolute Gasteiger partial charge is 0.146 e. The minimum atomic E-state index is -0.225. The van der Waals surface area contributed by atoms with Crippen molar-refractivity contribution < 1.29 is 13.5 Å². The molecule has 1 aliphatic rings. The molecule has 1 N–H and O–H groups in total. The van der Waals surface area contributed by atoms with E-state index in [0.717, 1.165) is 29.9 Å². The van der Waals surface area contributed by atoms with Crippen LogP contribution >= 0.6 is 0 Å². The van der Waals surface area contributed by atoms with Crippen LogP contribution in [0.25, 0.3) is 0 Å². The Bertz CT molecular complexity index is 562. The van der Waals surface area contributed by atoms with Crippen LogP contribution in [0.2, 0.25) is 0 Å². The number of ether oxygens (including phenoxy) is 1. The summed E-state index contributed by atoms with van der Waals surface area (Å²) < 4.78 is 24.7. The monoisotopic (exact) mass is 261 g/mol. The highest BCUT2D eigenvalue weighted by Gasteiger charge is 2.29. The van der Waals surface area contributed by atoms with Crippen LogP contribution < -0.4 is 10.1 Å². The van der Waals surface area contributed by atoms with Gasteiger partial charge in [0.1, 0.15) is 23.9 Å². The van der Waals surface area contributed by atoms with Crippen molar-refractivity contribution in [2.24, 2.45) is 0 Å². The molecule has 4 heteroatoms. The molecule has 0 unspecified atom stereocenters. The number of nitrogens with one attached hydrogen (secondary N) is 1. The molecule has 100 valence electrons. The molecule has 3 nitrogen and oxygen atoms in total. The maximum Gasteiger partial charge on any atom is 0.146 e. The molecule has 0 bridgehead atoms. The fraction of sp³-hybridized carbons (Fsp3) is 0.333. The molecule has 0 amide bonds. The van der Waals surface area contributed by atoms with Crippen LogP contribution in [0.4, 0.5) is 10.1 Å². The topological polar surface area (TPSA) is 34.4 Å². The Morgan fingerprint density at radius 1 is 1.42 bits per heavy atom. The van der Waals surface area contributed by atoms with Gasteiger partial charge in [0.05, 0.1) is 12.0 Å². The van der Waals surface area contributed by atoms with Crippen LogP contribution in [0, 0.1) is 5.82 Å². The number of anilines is 1. The van der Waals surface area contributed by atoms with Gasteiger partial charge in [-0.25, -0.2) is 4.39 Å². The number of hydrogen-bond acceptors (Lipinski definition) is 3. The van der Waals surface area contributed by atoms with Crippen molar-refractivity contribution in [3.8, 4) is 5.75 Å². The molecule has 0 spiro atoms. The third-order valence-corrected chi connectivity index (χ3v) is 3.31. The van der Waals surface area contributed by atoms with Crippen molar-refractivity contribution in [1.82, 2.24) is 0 Å². The van der Waals surface area contributed by atoms with E-state index in [2.05, 4.69) is 5.32 Å². The molecule has 0 atom stereocenters. The molecule has 0 aliphatic heterocycles. The van der Waals surface area contributed by atoms with Gasteiger partial charge in [0.15, 0.2) is 0 Å². The lowest BCUT2D eigenvalue weighted by atomic mass is 10.1. The van der Waals surface area contributed by atoms with Gasteiger partial charge in [0.25, 0.3) is 0 Å². The Balaban J connectivity index is 1.88. The Hall–Kier alpha value is -1.97. The quantitative estimate of drug-likeness (QED) is 0.885. The molecule has 3 rings (SSSR count). The van der Waals surface area contributed by atoms with Crippen molar-refractivity contribution >= 4 is 5.69 Å². The largest absolute Gasteiger partial charge is 0.483 e. The molecule has 0 radical (unpaired) electrons. The Kier molecular flexibility index (Phi) is 3.15. The number of hydrogen-bond donors (Lipinski definition) is 1. The predicted octanol–water partition coefficient (Wildman–Crippen LogP) is 3.92. The molecule has 1 saturated carbocycles. The number of benzene rings is 1. The van der Waals surface area contributed by atoms with Gasteiger partial charge >= 0.3 is 0 Å². The van der Waals surface area contributed by atoms with Crippen LogP contribution in [-0.4, -0.2) is 7.05 Å². The molecule has 1 aromatic carbocycles. The highest BCUT2D eigenvalue weighted by atomic mass is 19.1. The third kappa shape index (κ3) is 2.57. The maximum atomic E-state index is 13.6. The Labute approximate surface area is 111 Å². The van der Waals surface area contributed by atoms with Crippen LogP contribution in [-0.2, 0) is 6.61 Å². The normalized spacial score (nSPS) is 14.4. The van der Waals surface area contributed by atoms with Crippen LogP contribution in [0.3, 0.4) is 0 Å². The summed E-state index contributed by atoms with van der Waals surface area (Å²) in [6, 6.07) is 6.73. The second kappa shape index (κ2) is 4.96. The van der Waals surface area contributed by atoms with Gasteiger partial charge in [-0.3, -0.25) is 0 Å². The van der Waals surface area contributed by atoms with Crippen LogP contribution in [0.15, 0.2) is 34.9 Å². The summed E-state index contributed by atoms with van der Waals surface area (Å²) in [6.07, 6.45) is 3.82. The first-order chi connectivity index (χ1) is 9.28. The lowest BCUT2D eigenvalue weighted by Gasteiger charge is -2.15. The molecular weight excluding hydrogens is 245 g/mol. The zero-order valence-electron chi connectivity index (χ0n) is 10.8. The van der Waals surface area contributed by atoms with E-state index < -0.39 is 0 Å². The van der Waals surface area contributed by atoms with Crippen molar-refractivity contribution in [2.75, 3.05) is 12.4 Å². The predicted molar refractivity (Wildman–Crippen MR) is 71.0 cm³/mol. The summed E-state index contributed by atoms with van der Waals surface area (Å²) in [5.74, 6) is 1.70. The van der Waals surface area contributed by atoms with Crippen molar-refractivity contribution in [1.29, 1.82) is 0 Å². The molecule has 1 heterocycles. The van der Waals surface area contributed by atoms with Crippen LogP contribution in [0.5, 0.6) is 5.75 Å². The van der Waals surface area contributed by atoms with E-state index in [1.165, 1.54) is 6.07 Å². The van der Waals surface area contributed by atoms with Gasteiger partial charge < -0.3 is 14.5 Å². The van der Waals surface area contributed by atoms with E-state index >= 15 is 0 Å². The van der Waals surface area contributed by atoms with Gasteiger partial charge in [-0.05, 0) is 37.0 Å². The van der Waals surface area contributed by atoms with Crippen LogP contribution in [0.1, 0.15) is 30.1 Å². The average Bonchev–Trinajstić information content (AvgIpc) is 3.13. The van der Waals surface area contributed by atoms with Gasteiger partial charge in [-0.15, -0.1) is 0 Å². The van der Waals surface area contributed by atoms with E-state index in [9.17, 15) is 4.39 Å². The van der Waals surface area contributed by atoms with E-state index in [0.29, 0.717) is 18.2 Å². The molecular formula is C15H16FNO2. The fourth-order valence-corrected chi connectivity index (χ4v) is 2.20. The number of halogens is 1. The molecule has 1 fully saturated rings. The van der Waals surface area contributed by atoms with Crippen molar-refractivity contribution in [3.05, 3.63) is 47.7 Å². The van der Waals surface area contributed by atoms with Crippen molar-refractivity contribution in [2.45, 2.75) is 25.4 Å². The summed E-state index contributed by atoms with van der Waals surface area (Å²) in [5.41, 5.74) is 1.64. The molecule has 2 aromatic rings. The minimum absolute atomic E-state index is 0.225. The second-order valence-corrected chi connectivity index (χ2v) is 4.76. The van der Waals surface area contributed by atoms with E-state index in [-0.39, 0.29) is 5.82 Å². The van der Waals surface area contributed by atoms with E-state index in [1.807, 2.05) is 12.1 Å². The Morgan fingerprint density at radius 3 is 2.89 bits per heavy atom. The third-order valence-electron chi connectivity index (χ3n) is 3.31. The molecule has 0 saturated heterocycles. The molecule has 19 heavy (non-hydrogen) atoms. The van der Waals surface area contributed by atoms with E-state index in [1.54, 1.807) is 19.4 Å². The van der Waals surface area contributed by atoms with Gasteiger partial charge in [0.2, 0.25) is 0 Å². The second-order valence-electron chi connectivity index (χ2n) is 4.76. The number of furan rings is 1. The first-order valence-corrected chi connectivity index (χ1v) is 6.44. The maximum absolute atomic E-state index is 13.6. The standard InChI is InChI=1S/C15H16FNO2/c1-17-14-8-11(16)7-13(10-4-5-10)15(14)19-9-12-3-2-6-18-12/h2-3,6-8,10,17H,4-5,9H2,1H3. The summed E-state index contributed by atoms with van der Waals surface area (Å²) in [4.78, 5) is 0. The van der Waals surface area contributed by atoms with Gasteiger partial charge in [-0.1, -0.05) is 0 Å². The summed E-state index contributed by atoms with van der Waals surface area (Å²) >= 11 is 0. The zero-order chi connectivity index (χ0) is 13.2. The minimum Gasteiger partial charge on any atom is -0.483 e. The fourth-order valence-electron chi connectivity index (χ4n) is 2.20. The molecule has 1 aromatic heterocycles. The first kappa shape index (κ1) is 12.1. The van der Waals surface area contributed by atoms with Gasteiger partial charge in [-0.2, -0.15) is 0 Å².